The first-order valence-electron chi connectivity index (χ1n) is 9.55. The summed E-state index contributed by atoms with van der Waals surface area (Å²) >= 11 is 0. The summed E-state index contributed by atoms with van der Waals surface area (Å²) in [5.41, 5.74) is 2.20. The Balaban J connectivity index is 1.65. The van der Waals surface area contributed by atoms with Crippen molar-refractivity contribution in [3.63, 3.8) is 0 Å². The van der Waals surface area contributed by atoms with E-state index >= 15 is 0 Å². The smallest absolute Gasteiger partial charge is 0.269 e. The molecule has 1 N–H and O–H groups in total. The molecule has 2 fully saturated rings. The molecule has 146 valence electrons. The number of carbonyl (C=O) groups excluding carboxylic acids is 2. The summed E-state index contributed by atoms with van der Waals surface area (Å²) in [7, 11) is 3.15. The molecule has 6 nitrogen and oxygen atoms in total. The monoisotopic (exact) mass is 380 g/mol. The summed E-state index contributed by atoms with van der Waals surface area (Å²) in [5, 5.41) is 2.59. The maximum atomic E-state index is 12.9. The molecule has 1 aliphatic carbocycles. The Morgan fingerprint density at radius 2 is 1.93 bits per heavy atom. The van der Waals surface area contributed by atoms with Crippen LogP contribution in [-0.4, -0.2) is 44.0 Å². The zero-order valence-electron chi connectivity index (χ0n) is 16.1. The van der Waals surface area contributed by atoms with Gasteiger partial charge in [-0.2, -0.15) is 0 Å². The lowest BCUT2D eigenvalue weighted by Gasteiger charge is -2.17. The van der Waals surface area contributed by atoms with Crippen LogP contribution < -0.4 is 5.32 Å². The van der Waals surface area contributed by atoms with Crippen LogP contribution in [0.25, 0.3) is 0 Å². The van der Waals surface area contributed by atoms with Crippen molar-refractivity contribution in [1.29, 1.82) is 0 Å². The van der Waals surface area contributed by atoms with Gasteiger partial charge in [-0.3, -0.25) is 9.59 Å². The molecule has 1 aliphatic heterocycles. The number of carbonyl (C=O) groups is 2. The van der Waals surface area contributed by atoms with Crippen molar-refractivity contribution in [2.24, 2.45) is 17.8 Å². The van der Waals surface area contributed by atoms with Gasteiger partial charge in [-0.25, -0.2) is 4.98 Å². The second kappa shape index (κ2) is 7.81. The van der Waals surface area contributed by atoms with Crippen molar-refractivity contribution in [2.45, 2.75) is 12.5 Å². The summed E-state index contributed by atoms with van der Waals surface area (Å²) in [6.45, 7) is 1.51. The highest BCUT2D eigenvalue weighted by Gasteiger charge is 2.54. The molecule has 0 spiro atoms. The third kappa shape index (κ3) is 3.57. The molecule has 2 aliphatic rings. The molecule has 1 saturated carbocycles. The van der Waals surface area contributed by atoms with Crippen LogP contribution in [0.15, 0.2) is 42.5 Å². The van der Waals surface area contributed by atoms with Gasteiger partial charge in [-0.1, -0.05) is 30.3 Å². The van der Waals surface area contributed by atoms with Crippen LogP contribution in [0.4, 0.5) is 0 Å². The quantitative estimate of drug-likeness (QED) is 0.747. The van der Waals surface area contributed by atoms with E-state index in [4.69, 9.17) is 9.47 Å². The van der Waals surface area contributed by atoms with Gasteiger partial charge in [0, 0.05) is 26.1 Å². The minimum Gasteiger partial charge on any atom is -0.381 e. The number of pyridine rings is 1. The summed E-state index contributed by atoms with van der Waals surface area (Å²) in [6.07, 6.45) is 0.0317. The number of Topliss-reactive ketones (excluding diaryl/α,β-unsaturated/α-hetero) is 1. The zero-order chi connectivity index (χ0) is 19.7. The molecule has 4 rings (SSSR count). The Morgan fingerprint density at radius 1 is 1.21 bits per heavy atom. The number of aromatic nitrogens is 1. The van der Waals surface area contributed by atoms with Crippen molar-refractivity contribution < 1.29 is 19.1 Å². The van der Waals surface area contributed by atoms with Crippen molar-refractivity contribution >= 4 is 11.7 Å². The highest BCUT2D eigenvalue weighted by molar-refractivity contribution is 6.00. The Bertz CT molecular complexity index is 873. The number of nitrogens with zero attached hydrogens (tertiary/aromatic N) is 1. The number of nitrogens with one attached hydrogen (secondary N) is 1. The van der Waals surface area contributed by atoms with Gasteiger partial charge < -0.3 is 14.8 Å². The standard InChI is InChI=1S/C22H24N2O4/c1-23-22(26)19-9-14(20(25)10-15-16-11-28-12-17(15)16)8-18(24-19)21(27-2)13-6-4-3-5-7-13/h3-9,15-17,21H,10-12H2,1-2H3,(H,23,26)/t15?,16-,17+,21-/m0/s1. The number of ketones is 1. The van der Waals surface area contributed by atoms with Crippen LogP contribution in [0.2, 0.25) is 0 Å². The molecule has 2 aromatic rings. The van der Waals surface area contributed by atoms with Crippen LogP contribution in [0.3, 0.4) is 0 Å². The molecule has 4 atom stereocenters. The normalized spacial score (nSPS) is 23.7. The number of hydrogen-bond acceptors (Lipinski definition) is 5. The SMILES string of the molecule is CNC(=O)c1cc(C(=O)CC2[C@H]3COC[C@@H]23)cc([C@@H](OC)c2ccccc2)n1. The molecule has 6 heteroatoms. The zero-order valence-corrected chi connectivity index (χ0v) is 16.1. The van der Waals surface area contributed by atoms with E-state index in [1.165, 1.54) is 0 Å². The van der Waals surface area contributed by atoms with Gasteiger partial charge in [0.15, 0.2) is 5.78 Å². The van der Waals surface area contributed by atoms with E-state index in [0.717, 1.165) is 18.8 Å². The third-order valence-corrected chi connectivity index (χ3v) is 5.78. The maximum Gasteiger partial charge on any atom is 0.269 e. The fourth-order valence-corrected chi connectivity index (χ4v) is 4.14. The lowest BCUT2D eigenvalue weighted by Crippen LogP contribution is -2.21. The summed E-state index contributed by atoms with van der Waals surface area (Å²) < 4.78 is 11.1. The first kappa shape index (κ1) is 18.8. The Hall–Kier alpha value is -2.57. The number of methoxy groups -OCH3 is 1. The van der Waals surface area contributed by atoms with Crippen molar-refractivity contribution in [2.75, 3.05) is 27.4 Å². The van der Waals surface area contributed by atoms with E-state index < -0.39 is 6.10 Å². The van der Waals surface area contributed by atoms with Gasteiger partial charge in [-0.05, 0) is 35.4 Å². The molecular formula is C22H24N2O4. The molecule has 1 saturated heterocycles. The number of rotatable bonds is 7. The topological polar surface area (TPSA) is 77.5 Å². The van der Waals surface area contributed by atoms with E-state index in [-0.39, 0.29) is 17.4 Å². The van der Waals surface area contributed by atoms with Crippen LogP contribution in [0.1, 0.15) is 44.6 Å². The fourth-order valence-electron chi connectivity index (χ4n) is 4.14. The van der Waals surface area contributed by atoms with Gasteiger partial charge in [0.2, 0.25) is 0 Å². The van der Waals surface area contributed by atoms with Crippen molar-refractivity contribution in [1.82, 2.24) is 10.3 Å². The number of amides is 1. The number of benzene rings is 1. The minimum atomic E-state index is -0.453. The molecule has 0 bridgehead atoms. The van der Waals surface area contributed by atoms with E-state index in [0.29, 0.717) is 35.4 Å². The fraction of sp³-hybridized carbons (Fsp3) is 0.409. The van der Waals surface area contributed by atoms with Gasteiger partial charge in [0.05, 0.1) is 18.9 Å². The lowest BCUT2D eigenvalue weighted by atomic mass is 9.99. The van der Waals surface area contributed by atoms with E-state index in [2.05, 4.69) is 10.3 Å². The Labute approximate surface area is 164 Å². The second-order valence-electron chi connectivity index (χ2n) is 7.43. The summed E-state index contributed by atoms with van der Waals surface area (Å²) in [6, 6.07) is 13.0. The van der Waals surface area contributed by atoms with E-state index in [1.54, 1.807) is 26.3 Å². The number of ether oxygens (including phenoxy) is 2. The second-order valence-corrected chi connectivity index (χ2v) is 7.43. The van der Waals surface area contributed by atoms with Crippen LogP contribution in [0.5, 0.6) is 0 Å². The molecule has 0 radical (unpaired) electrons. The molecule has 1 unspecified atom stereocenters. The van der Waals surface area contributed by atoms with Crippen LogP contribution in [0, 0.1) is 17.8 Å². The highest BCUT2D eigenvalue weighted by atomic mass is 16.5. The predicted octanol–water partition coefficient (Wildman–Crippen LogP) is 2.64. The van der Waals surface area contributed by atoms with E-state index in [1.807, 2.05) is 30.3 Å². The van der Waals surface area contributed by atoms with Crippen LogP contribution in [-0.2, 0) is 9.47 Å². The molecule has 28 heavy (non-hydrogen) atoms. The van der Waals surface area contributed by atoms with Crippen molar-refractivity contribution in [3.05, 3.63) is 65.0 Å². The minimum absolute atomic E-state index is 0.0381. The molecule has 1 amide bonds. The maximum absolute atomic E-state index is 12.9. The molecule has 1 aromatic heterocycles. The van der Waals surface area contributed by atoms with E-state index in [9.17, 15) is 9.59 Å². The first-order chi connectivity index (χ1) is 13.6. The van der Waals surface area contributed by atoms with Gasteiger partial charge >= 0.3 is 0 Å². The first-order valence-corrected chi connectivity index (χ1v) is 9.55. The van der Waals surface area contributed by atoms with Gasteiger partial charge in [-0.15, -0.1) is 0 Å². The highest BCUT2D eigenvalue weighted by Crippen LogP contribution is 2.53. The summed E-state index contributed by atoms with van der Waals surface area (Å²) in [5.74, 6) is 1.14. The molecular weight excluding hydrogens is 356 g/mol. The number of fused-ring (bicyclic) bond motifs is 1. The lowest BCUT2D eigenvalue weighted by molar-refractivity contribution is 0.0949. The van der Waals surface area contributed by atoms with Crippen LogP contribution >= 0.6 is 0 Å². The Morgan fingerprint density at radius 3 is 2.57 bits per heavy atom. The number of hydrogen-bond donors (Lipinski definition) is 1. The van der Waals surface area contributed by atoms with Gasteiger partial charge in [0.25, 0.3) is 5.91 Å². The predicted molar refractivity (Wildman–Crippen MR) is 103 cm³/mol. The molecule has 1 aromatic carbocycles. The van der Waals surface area contributed by atoms with Crippen molar-refractivity contribution in [3.8, 4) is 0 Å². The average Bonchev–Trinajstić information content (AvgIpc) is 3.14. The third-order valence-electron chi connectivity index (χ3n) is 5.78. The average molecular weight is 380 g/mol. The Kier molecular flexibility index (Phi) is 5.24. The largest absolute Gasteiger partial charge is 0.381 e. The van der Waals surface area contributed by atoms with Gasteiger partial charge in [0.1, 0.15) is 11.8 Å². The summed E-state index contributed by atoms with van der Waals surface area (Å²) in [4.78, 5) is 29.7. The molecule has 2 heterocycles.